The van der Waals surface area contributed by atoms with Crippen molar-refractivity contribution in [2.45, 2.75) is 33.6 Å². The van der Waals surface area contributed by atoms with Gasteiger partial charge in [-0.3, -0.25) is 4.40 Å². The van der Waals surface area contributed by atoms with E-state index in [9.17, 15) is 0 Å². The van der Waals surface area contributed by atoms with Crippen molar-refractivity contribution in [3.8, 4) is 11.3 Å². The molecule has 0 unspecified atom stereocenters. The van der Waals surface area contributed by atoms with Gasteiger partial charge in [-0.25, -0.2) is 4.98 Å². The Labute approximate surface area is 191 Å². The molecule has 4 aromatic rings. The molecule has 5 heteroatoms. The van der Waals surface area contributed by atoms with Gasteiger partial charge < -0.3 is 15.5 Å². The maximum Gasteiger partial charge on any atom is 0.161 e. The fourth-order valence-electron chi connectivity index (χ4n) is 4.13. The number of pyridine rings is 1. The average Bonchev–Trinajstić information content (AvgIpc) is 3.31. The summed E-state index contributed by atoms with van der Waals surface area (Å²) in [6.07, 6.45) is 6.18. The van der Waals surface area contributed by atoms with Gasteiger partial charge in [0, 0.05) is 49.1 Å². The topological polar surface area (TPSA) is 44.6 Å². The van der Waals surface area contributed by atoms with Gasteiger partial charge in [0.15, 0.2) is 5.65 Å². The lowest BCUT2D eigenvalue weighted by atomic mass is 10.1. The second-order valence-corrected chi connectivity index (χ2v) is 8.02. The first-order valence-corrected chi connectivity index (χ1v) is 11.7. The van der Waals surface area contributed by atoms with Crippen LogP contribution in [0.5, 0.6) is 0 Å². The Bertz CT molecular complexity index is 1120. The molecule has 32 heavy (non-hydrogen) atoms. The summed E-state index contributed by atoms with van der Waals surface area (Å²) in [6, 6.07) is 21.5. The number of hydrogen-bond acceptors (Lipinski definition) is 4. The Kier molecular flexibility index (Phi) is 6.95. The predicted molar refractivity (Wildman–Crippen MR) is 137 cm³/mol. The van der Waals surface area contributed by atoms with Crippen LogP contribution in [-0.2, 0) is 0 Å². The summed E-state index contributed by atoms with van der Waals surface area (Å²) < 4.78 is 2.14. The first-order valence-electron chi connectivity index (χ1n) is 11.7. The molecular weight excluding hydrogens is 394 g/mol. The third-order valence-corrected chi connectivity index (χ3v) is 5.61. The van der Waals surface area contributed by atoms with Crippen LogP contribution in [0.25, 0.3) is 16.9 Å². The number of anilines is 4. The quantitative estimate of drug-likeness (QED) is 0.292. The van der Waals surface area contributed by atoms with Crippen molar-refractivity contribution >= 4 is 28.4 Å². The summed E-state index contributed by atoms with van der Waals surface area (Å²) in [5.41, 5.74) is 7.68. The van der Waals surface area contributed by atoms with Gasteiger partial charge in [-0.05, 0) is 73.9 Å². The Morgan fingerprint density at radius 3 is 2.16 bits per heavy atom. The lowest BCUT2D eigenvalue weighted by Crippen LogP contribution is -2.24. The number of benzene rings is 2. The zero-order valence-electron chi connectivity index (χ0n) is 19.3. The largest absolute Gasteiger partial charge is 0.385 e. The van der Waals surface area contributed by atoms with Crippen molar-refractivity contribution in [2.75, 3.05) is 35.2 Å². The smallest absolute Gasteiger partial charge is 0.161 e. The molecule has 0 amide bonds. The molecule has 0 aliphatic heterocycles. The number of hydrogen-bond donors (Lipinski definition) is 2. The van der Waals surface area contributed by atoms with E-state index in [-0.39, 0.29) is 0 Å². The van der Waals surface area contributed by atoms with Crippen LogP contribution in [0.4, 0.5) is 22.7 Å². The molecule has 0 spiro atoms. The van der Waals surface area contributed by atoms with E-state index < -0.39 is 0 Å². The minimum absolute atomic E-state index is 0.918. The van der Waals surface area contributed by atoms with E-state index in [1.54, 1.807) is 0 Å². The monoisotopic (exact) mass is 427 g/mol. The number of imidazole rings is 1. The SMILES string of the molecule is CCCN(CCC)c1ccc(Nc2ccc(-c3ccc(NCC)cc3)n3ccnc23)cc1. The van der Waals surface area contributed by atoms with Crippen LogP contribution < -0.4 is 15.5 Å². The van der Waals surface area contributed by atoms with Crippen LogP contribution >= 0.6 is 0 Å². The summed E-state index contributed by atoms with van der Waals surface area (Å²) in [7, 11) is 0. The molecule has 0 aliphatic carbocycles. The van der Waals surface area contributed by atoms with Gasteiger partial charge in [-0.15, -0.1) is 0 Å². The Morgan fingerprint density at radius 1 is 0.812 bits per heavy atom. The fourth-order valence-corrected chi connectivity index (χ4v) is 4.13. The normalized spacial score (nSPS) is 11.0. The molecule has 0 atom stereocenters. The Hall–Kier alpha value is -3.47. The number of aromatic nitrogens is 2. The second kappa shape index (κ2) is 10.2. The number of fused-ring (bicyclic) bond motifs is 1. The van der Waals surface area contributed by atoms with Gasteiger partial charge in [-0.1, -0.05) is 26.0 Å². The van der Waals surface area contributed by atoms with Crippen LogP contribution in [0, 0.1) is 0 Å². The molecular formula is C27H33N5. The highest BCUT2D eigenvalue weighted by Crippen LogP contribution is 2.29. The van der Waals surface area contributed by atoms with Crippen molar-refractivity contribution in [1.29, 1.82) is 0 Å². The van der Waals surface area contributed by atoms with Gasteiger partial charge in [0.1, 0.15) is 0 Å². The van der Waals surface area contributed by atoms with Crippen molar-refractivity contribution in [3.05, 3.63) is 73.1 Å². The fraction of sp³-hybridized carbons (Fsp3) is 0.296. The van der Waals surface area contributed by atoms with Crippen LogP contribution in [0.15, 0.2) is 73.1 Å². The van der Waals surface area contributed by atoms with E-state index in [0.717, 1.165) is 66.4 Å². The van der Waals surface area contributed by atoms with Gasteiger partial charge in [0.05, 0.1) is 11.4 Å². The molecule has 0 saturated carbocycles. The van der Waals surface area contributed by atoms with Crippen molar-refractivity contribution in [2.24, 2.45) is 0 Å². The number of nitrogens with zero attached hydrogens (tertiary/aromatic N) is 3. The minimum Gasteiger partial charge on any atom is -0.385 e. The summed E-state index contributed by atoms with van der Waals surface area (Å²) in [5.74, 6) is 0. The molecule has 2 aromatic carbocycles. The second-order valence-electron chi connectivity index (χ2n) is 8.02. The van der Waals surface area contributed by atoms with Gasteiger partial charge in [-0.2, -0.15) is 0 Å². The van der Waals surface area contributed by atoms with Gasteiger partial charge >= 0.3 is 0 Å². The van der Waals surface area contributed by atoms with E-state index in [4.69, 9.17) is 0 Å². The van der Waals surface area contributed by atoms with Crippen LogP contribution in [0.2, 0.25) is 0 Å². The first-order chi connectivity index (χ1) is 15.7. The molecule has 2 heterocycles. The Balaban J connectivity index is 1.57. The maximum atomic E-state index is 4.62. The summed E-state index contributed by atoms with van der Waals surface area (Å²) in [4.78, 5) is 7.07. The number of rotatable bonds is 10. The van der Waals surface area contributed by atoms with Crippen molar-refractivity contribution < 1.29 is 0 Å². The third kappa shape index (κ3) is 4.72. The average molecular weight is 428 g/mol. The minimum atomic E-state index is 0.918. The third-order valence-electron chi connectivity index (χ3n) is 5.61. The predicted octanol–water partition coefficient (Wildman–Crippen LogP) is 6.80. The molecule has 0 radical (unpaired) electrons. The molecule has 0 saturated heterocycles. The molecule has 0 aliphatic rings. The lowest BCUT2D eigenvalue weighted by Gasteiger charge is -2.24. The Morgan fingerprint density at radius 2 is 1.50 bits per heavy atom. The van der Waals surface area contributed by atoms with Crippen LogP contribution in [0.3, 0.4) is 0 Å². The van der Waals surface area contributed by atoms with Gasteiger partial charge in [0.25, 0.3) is 0 Å². The van der Waals surface area contributed by atoms with Crippen LogP contribution in [0.1, 0.15) is 33.6 Å². The standard InChI is InChI=1S/C27H33N5/c1-4-18-31(19-5-2)24-13-11-23(12-14-24)30-25-15-16-26(32-20-17-29-27(25)32)21-7-9-22(10-8-21)28-6-3/h7-17,20,28,30H,4-6,18-19H2,1-3H3. The van der Waals surface area contributed by atoms with Crippen LogP contribution in [-0.4, -0.2) is 29.0 Å². The van der Waals surface area contributed by atoms with Gasteiger partial charge in [0.2, 0.25) is 0 Å². The lowest BCUT2D eigenvalue weighted by molar-refractivity contribution is 0.745. The van der Waals surface area contributed by atoms with Crippen molar-refractivity contribution in [3.63, 3.8) is 0 Å². The molecule has 4 rings (SSSR count). The molecule has 2 N–H and O–H groups in total. The van der Waals surface area contributed by atoms with E-state index in [1.165, 1.54) is 5.69 Å². The summed E-state index contributed by atoms with van der Waals surface area (Å²) >= 11 is 0. The summed E-state index contributed by atoms with van der Waals surface area (Å²) in [5, 5.41) is 6.90. The molecule has 0 bridgehead atoms. The molecule has 2 aromatic heterocycles. The highest BCUT2D eigenvalue weighted by molar-refractivity contribution is 5.78. The van der Waals surface area contributed by atoms with E-state index in [2.05, 4.69) is 106 Å². The zero-order valence-corrected chi connectivity index (χ0v) is 19.3. The zero-order chi connectivity index (χ0) is 22.3. The van der Waals surface area contributed by atoms with E-state index in [0.29, 0.717) is 0 Å². The highest BCUT2D eigenvalue weighted by atomic mass is 15.1. The number of nitrogens with one attached hydrogen (secondary N) is 2. The molecule has 5 nitrogen and oxygen atoms in total. The van der Waals surface area contributed by atoms with E-state index >= 15 is 0 Å². The molecule has 166 valence electrons. The highest BCUT2D eigenvalue weighted by Gasteiger charge is 2.10. The maximum absolute atomic E-state index is 4.62. The summed E-state index contributed by atoms with van der Waals surface area (Å²) in [6.45, 7) is 9.66. The van der Waals surface area contributed by atoms with E-state index in [1.807, 2.05) is 12.4 Å². The molecule has 0 fully saturated rings. The van der Waals surface area contributed by atoms with Crippen molar-refractivity contribution in [1.82, 2.24) is 9.38 Å². The first kappa shape index (κ1) is 21.8.